The SMILES string of the molecule is CC(NC(=O)/C(C#N)=C\NCc1cccc(Br)c1)C12CC3CC(CC(C3)C1)C2. The standard InChI is InChI=1S/C23H28BrN3O/c1-15(23-9-17-5-18(10-23)7-19(6-17)11-23)27-22(28)20(12-25)14-26-13-16-3-2-4-21(24)8-16/h2-4,8,14-15,17-19,26H,5-7,9-11,13H2,1H3,(H,27,28)/b20-14-. The van der Waals surface area contributed by atoms with Crippen LogP contribution in [0.25, 0.3) is 0 Å². The Morgan fingerprint density at radius 3 is 2.50 bits per heavy atom. The minimum Gasteiger partial charge on any atom is -0.386 e. The highest BCUT2D eigenvalue weighted by Crippen LogP contribution is 2.61. The molecule has 0 radical (unpaired) electrons. The second-order valence-electron chi connectivity index (χ2n) is 9.16. The summed E-state index contributed by atoms with van der Waals surface area (Å²) in [6.45, 7) is 2.72. The Hall–Kier alpha value is -1.80. The fraction of sp³-hybridized carbons (Fsp3) is 0.565. The fourth-order valence-electron chi connectivity index (χ4n) is 6.20. The maximum Gasteiger partial charge on any atom is 0.263 e. The first-order chi connectivity index (χ1) is 13.5. The molecule has 5 heteroatoms. The summed E-state index contributed by atoms with van der Waals surface area (Å²) in [5, 5.41) is 15.7. The molecule has 0 spiro atoms. The Morgan fingerprint density at radius 2 is 1.93 bits per heavy atom. The van der Waals surface area contributed by atoms with Gasteiger partial charge in [0.05, 0.1) is 0 Å². The molecule has 1 unspecified atom stereocenters. The predicted octanol–water partition coefficient (Wildman–Crippen LogP) is 4.67. The first-order valence-electron chi connectivity index (χ1n) is 10.4. The molecule has 5 rings (SSSR count). The van der Waals surface area contributed by atoms with Gasteiger partial charge in [-0.3, -0.25) is 4.79 Å². The first kappa shape index (κ1) is 19.5. The number of benzene rings is 1. The molecule has 0 heterocycles. The van der Waals surface area contributed by atoms with E-state index in [-0.39, 0.29) is 22.9 Å². The molecule has 28 heavy (non-hydrogen) atoms. The number of hydrogen-bond donors (Lipinski definition) is 2. The fourth-order valence-corrected chi connectivity index (χ4v) is 6.65. The Bertz CT molecular complexity index is 790. The second-order valence-corrected chi connectivity index (χ2v) is 10.1. The zero-order valence-corrected chi connectivity index (χ0v) is 18.0. The molecule has 0 saturated heterocycles. The highest BCUT2D eigenvalue weighted by atomic mass is 79.9. The number of hydrogen-bond acceptors (Lipinski definition) is 3. The third kappa shape index (κ3) is 3.98. The predicted molar refractivity (Wildman–Crippen MR) is 113 cm³/mol. The molecular weight excluding hydrogens is 414 g/mol. The minimum absolute atomic E-state index is 0.121. The van der Waals surface area contributed by atoms with Crippen LogP contribution in [0.5, 0.6) is 0 Å². The summed E-state index contributed by atoms with van der Waals surface area (Å²) in [5.41, 5.74) is 1.48. The van der Waals surface area contributed by atoms with E-state index in [9.17, 15) is 10.1 Å². The second kappa shape index (κ2) is 7.91. The van der Waals surface area contributed by atoms with Crippen LogP contribution in [0.2, 0.25) is 0 Å². The molecule has 4 fully saturated rings. The molecule has 1 atom stereocenters. The van der Waals surface area contributed by atoms with E-state index < -0.39 is 0 Å². The van der Waals surface area contributed by atoms with Gasteiger partial charge < -0.3 is 10.6 Å². The lowest BCUT2D eigenvalue weighted by Crippen LogP contribution is -2.56. The highest BCUT2D eigenvalue weighted by Gasteiger charge is 2.53. The molecule has 4 aliphatic carbocycles. The number of carbonyl (C=O) groups is 1. The van der Waals surface area contributed by atoms with E-state index >= 15 is 0 Å². The van der Waals surface area contributed by atoms with E-state index in [1.807, 2.05) is 24.3 Å². The van der Waals surface area contributed by atoms with Gasteiger partial charge in [-0.1, -0.05) is 28.1 Å². The van der Waals surface area contributed by atoms with Crippen molar-refractivity contribution in [1.82, 2.24) is 10.6 Å². The average molecular weight is 442 g/mol. The van der Waals surface area contributed by atoms with E-state index in [1.54, 1.807) is 6.20 Å². The zero-order valence-electron chi connectivity index (χ0n) is 16.4. The number of rotatable bonds is 6. The van der Waals surface area contributed by atoms with Gasteiger partial charge in [0.1, 0.15) is 11.6 Å². The number of nitriles is 1. The van der Waals surface area contributed by atoms with Crippen LogP contribution in [0.3, 0.4) is 0 Å². The monoisotopic (exact) mass is 441 g/mol. The van der Waals surface area contributed by atoms with E-state index in [0.717, 1.165) is 27.8 Å². The lowest BCUT2D eigenvalue weighted by Gasteiger charge is -2.59. The van der Waals surface area contributed by atoms with Crippen LogP contribution >= 0.6 is 15.9 Å². The maximum atomic E-state index is 12.7. The number of nitrogens with zero attached hydrogens (tertiary/aromatic N) is 1. The summed E-state index contributed by atoms with van der Waals surface area (Å²) in [5.74, 6) is 2.29. The Morgan fingerprint density at radius 1 is 1.29 bits per heavy atom. The first-order valence-corrected chi connectivity index (χ1v) is 11.2. The van der Waals surface area contributed by atoms with Crippen molar-refractivity contribution in [3.05, 3.63) is 46.1 Å². The van der Waals surface area contributed by atoms with Gasteiger partial charge in [-0.25, -0.2) is 0 Å². The van der Waals surface area contributed by atoms with Crippen molar-refractivity contribution >= 4 is 21.8 Å². The topological polar surface area (TPSA) is 64.9 Å². The molecular formula is C23H28BrN3O. The largest absolute Gasteiger partial charge is 0.386 e. The quantitative estimate of drug-likeness (QED) is 0.497. The van der Waals surface area contributed by atoms with Crippen molar-refractivity contribution in [2.24, 2.45) is 23.2 Å². The van der Waals surface area contributed by atoms with Crippen LogP contribution in [0.1, 0.15) is 51.0 Å². The third-order valence-corrected chi connectivity index (χ3v) is 7.65. The van der Waals surface area contributed by atoms with Crippen LogP contribution in [-0.4, -0.2) is 11.9 Å². The number of carbonyl (C=O) groups excluding carboxylic acids is 1. The molecule has 1 amide bonds. The van der Waals surface area contributed by atoms with Crippen LogP contribution in [0.4, 0.5) is 0 Å². The van der Waals surface area contributed by atoms with Crippen molar-refractivity contribution < 1.29 is 4.79 Å². The summed E-state index contributed by atoms with van der Waals surface area (Å²) in [4.78, 5) is 12.7. The molecule has 4 aliphatic rings. The van der Waals surface area contributed by atoms with Crippen molar-refractivity contribution in [3.8, 4) is 6.07 Å². The van der Waals surface area contributed by atoms with Gasteiger partial charge in [-0.05, 0) is 86.3 Å². The van der Waals surface area contributed by atoms with Gasteiger partial charge in [0, 0.05) is 23.3 Å². The number of amides is 1. The Balaban J connectivity index is 1.37. The van der Waals surface area contributed by atoms with Crippen LogP contribution < -0.4 is 10.6 Å². The van der Waals surface area contributed by atoms with Crippen molar-refractivity contribution in [3.63, 3.8) is 0 Å². The molecule has 4 nitrogen and oxygen atoms in total. The molecule has 4 bridgehead atoms. The molecule has 1 aromatic rings. The summed E-state index contributed by atoms with van der Waals surface area (Å²) < 4.78 is 1.01. The maximum absolute atomic E-state index is 12.7. The summed E-state index contributed by atoms with van der Waals surface area (Å²) >= 11 is 3.45. The molecule has 1 aromatic carbocycles. The average Bonchev–Trinajstić information content (AvgIpc) is 2.64. The molecule has 0 aliphatic heterocycles. The molecule has 0 aromatic heterocycles. The van der Waals surface area contributed by atoms with Gasteiger partial charge in [-0.2, -0.15) is 5.26 Å². The smallest absolute Gasteiger partial charge is 0.263 e. The Kier molecular flexibility index (Phi) is 5.51. The summed E-state index contributed by atoms with van der Waals surface area (Å²) in [7, 11) is 0. The summed E-state index contributed by atoms with van der Waals surface area (Å²) in [6.07, 6.45) is 9.45. The van der Waals surface area contributed by atoms with Crippen LogP contribution in [-0.2, 0) is 11.3 Å². The van der Waals surface area contributed by atoms with E-state index in [2.05, 4.69) is 39.6 Å². The number of nitrogens with one attached hydrogen (secondary N) is 2. The van der Waals surface area contributed by atoms with Crippen LogP contribution in [0, 0.1) is 34.5 Å². The lowest BCUT2D eigenvalue weighted by molar-refractivity contribution is -0.122. The molecule has 2 N–H and O–H groups in total. The number of halogens is 1. The Labute approximate surface area is 175 Å². The van der Waals surface area contributed by atoms with Gasteiger partial charge in [0.25, 0.3) is 5.91 Å². The van der Waals surface area contributed by atoms with Crippen molar-refractivity contribution in [2.45, 2.75) is 58.0 Å². The van der Waals surface area contributed by atoms with Crippen LogP contribution in [0.15, 0.2) is 40.5 Å². The van der Waals surface area contributed by atoms with E-state index in [4.69, 9.17) is 0 Å². The van der Waals surface area contributed by atoms with Gasteiger partial charge in [0.15, 0.2) is 0 Å². The zero-order chi connectivity index (χ0) is 19.7. The van der Waals surface area contributed by atoms with E-state index in [1.165, 1.54) is 38.5 Å². The lowest BCUT2D eigenvalue weighted by atomic mass is 9.48. The van der Waals surface area contributed by atoms with E-state index in [0.29, 0.717) is 6.54 Å². The minimum atomic E-state index is -0.257. The third-order valence-electron chi connectivity index (χ3n) is 7.16. The van der Waals surface area contributed by atoms with Crippen molar-refractivity contribution in [2.75, 3.05) is 0 Å². The molecule has 148 valence electrons. The van der Waals surface area contributed by atoms with Crippen molar-refractivity contribution in [1.29, 1.82) is 5.26 Å². The van der Waals surface area contributed by atoms with Gasteiger partial charge >= 0.3 is 0 Å². The molecule has 4 saturated carbocycles. The highest BCUT2D eigenvalue weighted by molar-refractivity contribution is 9.10. The summed E-state index contributed by atoms with van der Waals surface area (Å²) in [6, 6.07) is 10.1. The normalized spacial score (nSPS) is 31.9. The van der Waals surface area contributed by atoms with Gasteiger partial charge in [0.2, 0.25) is 0 Å². The van der Waals surface area contributed by atoms with Gasteiger partial charge in [-0.15, -0.1) is 0 Å².